The molecule has 0 aliphatic rings. The third-order valence-corrected chi connectivity index (χ3v) is 2.21. The fourth-order valence-electron chi connectivity index (χ4n) is 1.32. The summed E-state index contributed by atoms with van der Waals surface area (Å²) in [4.78, 5) is 0. The Morgan fingerprint density at radius 1 is 1.06 bits per heavy atom. The lowest BCUT2D eigenvalue weighted by Gasteiger charge is -2.05. The molecule has 0 aliphatic carbocycles. The molecule has 2 aromatic rings. The second-order valence-corrected chi connectivity index (χ2v) is 3.46. The zero-order valence-electron chi connectivity index (χ0n) is 8.57. The van der Waals surface area contributed by atoms with E-state index in [4.69, 9.17) is 11.5 Å². The van der Waals surface area contributed by atoms with Crippen LogP contribution in [0.25, 0.3) is 5.69 Å². The van der Waals surface area contributed by atoms with E-state index in [-0.39, 0.29) is 0 Å². The van der Waals surface area contributed by atoms with Crippen LogP contribution in [0.15, 0.2) is 30.5 Å². The highest BCUT2D eigenvalue weighted by molar-refractivity contribution is 5.66. The van der Waals surface area contributed by atoms with Crippen molar-refractivity contribution in [2.45, 2.75) is 6.18 Å². The van der Waals surface area contributed by atoms with Crippen LogP contribution in [0.3, 0.4) is 0 Å². The Bertz CT molecular complexity index is 545. The van der Waals surface area contributed by atoms with Crippen LogP contribution >= 0.6 is 0 Å². The van der Waals surface area contributed by atoms with Gasteiger partial charge in [0.15, 0.2) is 5.69 Å². The molecule has 0 spiro atoms. The van der Waals surface area contributed by atoms with Crippen LogP contribution < -0.4 is 11.5 Å². The van der Waals surface area contributed by atoms with Crippen molar-refractivity contribution < 1.29 is 13.2 Å². The molecule has 0 unspecified atom stereocenters. The van der Waals surface area contributed by atoms with Crippen molar-refractivity contribution in [3.63, 3.8) is 0 Å². The first kappa shape index (κ1) is 11.3. The Labute approximate surface area is 94.6 Å². The lowest BCUT2D eigenvalue weighted by Crippen LogP contribution is -2.07. The van der Waals surface area contributed by atoms with E-state index in [2.05, 4.69) is 5.10 Å². The predicted molar refractivity (Wildman–Crippen MR) is 57.4 cm³/mol. The van der Waals surface area contributed by atoms with E-state index in [0.29, 0.717) is 17.1 Å². The molecule has 0 fully saturated rings. The lowest BCUT2D eigenvalue weighted by atomic mass is 10.2. The van der Waals surface area contributed by atoms with E-state index in [9.17, 15) is 13.2 Å². The highest BCUT2D eigenvalue weighted by Crippen LogP contribution is 2.28. The first-order valence-electron chi connectivity index (χ1n) is 4.66. The van der Waals surface area contributed by atoms with E-state index in [1.165, 1.54) is 18.3 Å². The van der Waals surface area contributed by atoms with Gasteiger partial charge in [0.1, 0.15) is 0 Å². The van der Waals surface area contributed by atoms with Gasteiger partial charge in [-0.2, -0.15) is 18.3 Å². The maximum atomic E-state index is 12.3. The van der Waals surface area contributed by atoms with Gasteiger partial charge in [-0.05, 0) is 24.3 Å². The minimum atomic E-state index is -4.45. The minimum absolute atomic E-state index is 0.298. The number of hydrogen-bond acceptors (Lipinski definition) is 3. The Kier molecular flexibility index (Phi) is 2.45. The van der Waals surface area contributed by atoms with Crippen molar-refractivity contribution in [3.8, 4) is 5.69 Å². The normalized spacial score (nSPS) is 11.7. The molecule has 90 valence electrons. The van der Waals surface area contributed by atoms with Crippen LogP contribution in [-0.4, -0.2) is 9.78 Å². The largest absolute Gasteiger partial charge is 0.435 e. The molecule has 4 N–H and O–H groups in total. The molecule has 0 atom stereocenters. The zero-order valence-corrected chi connectivity index (χ0v) is 8.57. The number of alkyl halides is 3. The monoisotopic (exact) mass is 242 g/mol. The lowest BCUT2D eigenvalue weighted by molar-refractivity contribution is -0.141. The third kappa shape index (κ3) is 2.17. The standard InChI is InChI=1S/C10H9F3N4/c11-10(12,13)9-3-4-17(16-9)6-1-2-7(14)8(15)5-6/h1-5H,14-15H2. The van der Waals surface area contributed by atoms with Crippen LogP contribution in [0.1, 0.15) is 5.69 Å². The summed E-state index contributed by atoms with van der Waals surface area (Å²) in [5.74, 6) is 0. The predicted octanol–water partition coefficient (Wildman–Crippen LogP) is 2.06. The van der Waals surface area contributed by atoms with Crippen molar-refractivity contribution in [3.05, 3.63) is 36.2 Å². The van der Waals surface area contributed by atoms with Gasteiger partial charge >= 0.3 is 6.18 Å². The van der Waals surface area contributed by atoms with Crippen molar-refractivity contribution in [2.75, 3.05) is 11.5 Å². The first-order valence-corrected chi connectivity index (χ1v) is 4.66. The van der Waals surface area contributed by atoms with Crippen molar-refractivity contribution >= 4 is 11.4 Å². The molecule has 0 aliphatic heterocycles. The van der Waals surface area contributed by atoms with Crippen LogP contribution in [0.2, 0.25) is 0 Å². The molecule has 1 aromatic heterocycles. The number of benzene rings is 1. The summed E-state index contributed by atoms with van der Waals surface area (Å²) < 4.78 is 38.1. The van der Waals surface area contributed by atoms with Crippen molar-refractivity contribution in [2.24, 2.45) is 0 Å². The van der Waals surface area contributed by atoms with Gasteiger partial charge in [-0.3, -0.25) is 0 Å². The molecular formula is C10H9F3N4. The van der Waals surface area contributed by atoms with Crippen LogP contribution in [0.5, 0.6) is 0 Å². The number of halogens is 3. The Hall–Kier alpha value is -2.18. The van der Waals surface area contributed by atoms with Crippen molar-refractivity contribution in [1.29, 1.82) is 0 Å². The van der Waals surface area contributed by atoms with Crippen LogP contribution in [0.4, 0.5) is 24.5 Å². The van der Waals surface area contributed by atoms with Gasteiger partial charge in [-0.15, -0.1) is 0 Å². The Balaban J connectivity index is 2.40. The summed E-state index contributed by atoms with van der Waals surface area (Å²) >= 11 is 0. The average Bonchev–Trinajstić information content (AvgIpc) is 2.70. The van der Waals surface area contributed by atoms with Gasteiger partial charge < -0.3 is 11.5 Å². The van der Waals surface area contributed by atoms with E-state index >= 15 is 0 Å². The molecular weight excluding hydrogens is 233 g/mol. The summed E-state index contributed by atoms with van der Waals surface area (Å²) in [5, 5.41) is 3.42. The van der Waals surface area contributed by atoms with E-state index in [0.717, 1.165) is 10.7 Å². The summed E-state index contributed by atoms with van der Waals surface area (Å²) in [5.41, 5.74) is 11.2. The smallest absolute Gasteiger partial charge is 0.397 e. The summed E-state index contributed by atoms with van der Waals surface area (Å²) in [6.07, 6.45) is -3.24. The number of hydrogen-bond donors (Lipinski definition) is 2. The van der Waals surface area contributed by atoms with Crippen LogP contribution in [0, 0.1) is 0 Å². The van der Waals surface area contributed by atoms with E-state index in [1.807, 2.05) is 0 Å². The van der Waals surface area contributed by atoms with E-state index < -0.39 is 11.9 Å². The van der Waals surface area contributed by atoms with Crippen LogP contribution in [-0.2, 0) is 6.18 Å². The molecule has 7 heteroatoms. The molecule has 0 bridgehead atoms. The maximum Gasteiger partial charge on any atom is 0.435 e. The highest BCUT2D eigenvalue weighted by atomic mass is 19.4. The van der Waals surface area contributed by atoms with Gasteiger partial charge in [0.2, 0.25) is 0 Å². The van der Waals surface area contributed by atoms with Gasteiger partial charge in [0, 0.05) is 6.20 Å². The molecule has 0 amide bonds. The summed E-state index contributed by atoms with van der Waals surface area (Å²) in [6.45, 7) is 0. The number of nitrogens with zero attached hydrogens (tertiary/aromatic N) is 2. The molecule has 1 heterocycles. The molecule has 17 heavy (non-hydrogen) atoms. The maximum absolute atomic E-state index is 12.3. The summed E-state index contributed by atoms with van der Waals surface area (Å²) in [6, 6.07) is 5.41. The second-order valence-electron chi connectivity index (χ2n) is 3.46. The van der Waals surface area contributed by atoms with E-state index in [1.54, 1.807) is 6.07 Å². The second kappa shape index (κ2) is 3.69. The fraction of sp³-hybridized carbons (Fsp3) is 0.100. The molecule has 0 saturated carbocycles. The first-order chi connectivity index (χ1) is 7.88. The minimum Gasteiger partial charge on any atom is -0.397 e. The molecule has 4 nitrogen and oxygen atoms in total. The quantitative estimate of drug-likeness (QED) is 0.752. The fourth-order valence-corrected chi connectivity index (χ4v) is 1.32. The number of anilines is 2. The number of aromatic nitrogens is 2. The van der Waals surface area contributed by atoms with Gasteiger partial charge in [-0.1, -0.05) is 0 Å². The number of rotatable bonds is 1. The number of nitrogens with two attached hydrogens (primary N) is 2. The van der Waals surface area contributed by atoms with Gasteiger partial charge in [0.05, 0.1) is 17.1 Å². The average molecular weight is 242 g/mol. The Morgan fingerprint density at radius 2 is 1.76 bits per heavy atom. The highest BCUT2D eigenvalue weighted by Gasteiger charge is 2.33. The van der Waals surface area contributed by atoms with Gasteiger partial charge in [-0.25, -0.2) is 4.68 Å². The SMILES string of the molecule is Nc1ccc(-n2ccc(C(F)(F)F)n2)cc1N. The molecule has 0 radical (unpaired) electrons. The molecule has 2 rings (SSSR count). The topological polar surface area (TPSA) is 69.9 Å². The Morgan fingerprint density at radius 3 is 2.29 bits per heavy atom. The third-order valence-electron chi connectivity index (χ3n) is 2.21. The van der Waals surface area contributed by atoms with Crippen molar-refractivity contribution in [1.82, 2.24) is 9.78 Å². The zero-order chi connectivity index (χ0) is 12.6. The summed E-state index contributed by atoms with van der Waals surface area (Å²) in [7, 11) is 0. The van der Waals surface area contributed by atoms with Gasteiger partial charge in [0.25, 0.3) is 0 Å². The molecule has 0 saturated heterocycles. The molecule has 1 aromatic carbocycles. The number of nitrogen functional groups attached to an aromatic ring is 2.